The number of nitrogens with zero attached hydrogens (tertiary/aromatic N) is 2. The van der Waals surface area contributed by atoms with Crippen molar-refractivity contribution >= 4 is 23.2 Å². The fraction of sp³-hybridized carbons (Fsp3) is 0.160. The fourth-order valence-corrected chi connectivity index (χ4v) is 4.07. The normalized spacial score (nSPS) is 12.8. The Bertz CT molecular complexity index is 1220. The zero-order chi connectivity index (χ0) is 21.0. The number of pyridine rings is 1. The third-order valence-corrected chi connectivity index (χ3v) is 5.55. The number of alkyl carbamates (subject to hydrolysis) is 1. The van der Waals surface area contributed by atoms with Crippen molar-refractivity contribution in [2.75, 3.05) is 13.2 Å². The van der Waals surface area contributed by atoms with Crippen LogP contribution < -0.4 is 5.32 Å². The summed E-state index contributed by atoms with van der Waals surface area (Å²) in [4.78, 5) is 16.5. The summed E-state index contributed by atoms with van der Waals surface area (Å²) < 4.78 is 5.55. The Balaban J connectivity index is 1.12. The summed E-state index contributed by atoms with van der Waals surface area (Å²) in [7, 11) is 0. The summed E-state index contributed by atoms with van der Waals surface area (Å²) in [6, 6.07) is 18.6. The first kappa shape index (κ1) is 19.1. The smallest absolute Gasteiger partial charge is 0.407 e. The van der Waals surface area contributed by atoms with Gasteiger partial charge in [-0.2, -0.15) is 5.10 Å². The maximum atomic E-state index is 12.2. The highest BCUT2D eigenvalue weighted by molar-refractivity contribution is 5.79. The Labute approximate surface area is 180 Å². The number of aromatic amines is 1. The summed E-state index contributed by atoms with van der Waals surface area (Å²) in [6.07, 6.45) is 7.84. The van der Waals surface area contributed by atoms with Crippen LogP contribution >= 0.6 is 0 Å². The van der Waals surface area contributed by atoms with E-state index in [4.69, 9.17) is 4.74 Å². The average Bonchev–Trinajstić information content (AvgIpc) is 3.40. The van der Waals surface area contributed by atoms with E-state index in [1.54, 1.807) is 12.4 Å². The quantitative estimate of drug-likeness (QED) is 0.443. The van der Waals surface area contributed by atoms with Crippen molar-refractivity contribution in [3.8, 4) is 11.1 Å². The number of amides is 1. The Morgan fingerprint density at radius 2 is 1.81 bits per heavy atom. The Kier molecular flexibility index (Phi) is 5.19. The molecule has 154 valence electrons. The van der Waals surface area contributed by atoms with E-state index in [9.17, 15) is 4.79 Å². The van der Waals surface area contributed by atoms with Gasteiger partial charge >= 0.3 is 6.09 Å². The molecule has 0 saturated carbocycles. The minimum Gasteiger partial charge on any atom is -0.449 e. The van der Waals surface area contributed by atoms with Crippen LogP contribution in [0.25, 0.3) is 28.2 Å². The highest BCUT2D eigenvalue weighted by Crippen LogP contribution is 2.44. The van der Waals surface area contributed by atoms with E-state index in [1.165, 1.54) is 22.3 Å². The topological polar surface area (TPSA) is 79.9 Å². The number of ether oxygens (including phenoxy) is 1. The van der Waals surface area contributed by atoms with Crippen LogP contribution in [-0.2, 0) is 4.74 Å². The molecule has 2 heterocycles. The number of carbonyl (C=O) groups is 1. The lowest BCUT2D eigenvalue weighted by atomic mass is 9.98. The van der Waals surface area contributed by atoms with Gasteiger partial charge in [0.15, 0.2) is 5.65 Å². The van der Waals surface area contributed by atoms with Gasteiger partial charge in [-0.25, -0.2) is 9.78 Å². The van der Waals surface area contributed by atoms with Crippen LogP contribution in [0.2, 0.25) is 0 Å². The van der Waals surface area contributed by atoms with Crippen LogP contribution in [0.1, 0.15) is 29.0 Å². The minimum absolute atomic E-state index is 0.0726. The second kappa shape index (κ2) is 8.44. The number of H-pyrrole nitrogens is 1. The zero-order valence-corrected chi connectivity index (χ0v) is 16.9. The lowest BCUT2D eigenvalue weighted by molar-refractivity contribution is 0.143. The molecule has 0 saturated heterocycles. The maximum Gasteiger partial charge on any atom is 0.407 e. The van der Waals surface area contributed by atoms with Gasteiger partial charge in [-0.3, -0.25) is 5.10 Å². The van der Waals surface area contributed by atoms with Crippen molar-refractivity contribution in [3.05, 3.63) is 89.8 Å². The van der Waals surface area contributed by atoms with Crippen LogP contribution in [0.4, 0.5) is 4.79 Å². The van der Waals surface area contributed by atoms with E-state index in [0.29, 0.717) is 19.6 Å². The number of fused-ring (bicyclic) bond motifs is 4. The van der Waals surface area contributed by atoms with E-state index in [0.717, 1.165) is 16.6 Å². The van der Waals surface area contributed by atoms with Crippen molar-refractivity contribution in [1.82, 2.24) is 20.5 Å². The SMILES string of the molecule is O=C(NCCC=Cc1cnc2[nH]ncc2c1)OCC1c2ccccc2-c2ccccc21. The molecule has 5 rings (SSSR count). The molecule has 0 unspecified atom stereocenters. The first-order chi connectivity index (χ1) is 15.3. The molecule has 2 N–H and O–H groups in total. The van der Waals surface area contributed by atoms with E-state index < -0.39 is 6.09 Å². The molecule has 1 aliphatic rings. The number of rotatable bonds is 6. The predicted molar refractivity (Wildman–Crippen MR) is 121 cm³/mol. The lowest BCUT2D eigenvalue weighted by Gasteiger charge is -2.14. The summed E-state index contributed by atoms with van der Waals surface area (Å²) in [5.74, 6) is 0.0726. The second-order valence-corrected chi connectivity index (χ2v) is 7.52. The molecule has 2 aromatic carbocycles. The molecule has 0 atom stereocenters. The standard InChI is InChI=1S/C25H22N4O2/c30-25(26-12-6-5-7-17-13-18-15-28-29-24(18)27-14-17)31-16-23-21-10-3-1-8-19(21)20-9-2-4-11-22(20)23/h1-5,7-11,13-15,23H,6,12,16H2,(H,26,30)(H,27,28,29). The van der Waals surface area contributed by atoms with Crippen molar-refractivity contribution in [1.29, 1.82) is 0 Å². The largest absolute Gasteiger partial charge is 0.449 e. The lowest BCUT2D eigenvalue weighted by Crippen LogP contribution is -2.26. The molecule has 0 bridgehead atoms. The van der Waals surface area contributed by atoms with Gasteiger partial charge in [-0.1, -0.05) is 60.7 Å². The van der Waals surface area contributed by atoms with Crippen LogP contribution in [-0.4, -0.2) is 34.4 Å². The van der Waals surface area contributed by atoms with Crippen molar-refractivity contribution in [3.63, 3.8) is 0 Å². The van der Waals surface area contributed by atoms with Crippen LogP contribution in [0.5, 0.6) is 0 Å². The van der Waals surface area contributed by atoms with E-state index in [-0.39, 0.29) is 5.92 Å². The molecule has 6 heteroatoms. The van der Waals surface area contributed by atoms with Gasteiger partial charge in [0.05, 0.1) is 6.20 Å². The number of carbonyl (C=O) groups excluding carboxylic acids is 1. The monoisotopic (exact) mass is 410 g/mol. The Morgan fingerprint density at radius 1 is 1.06 bits per heavy atom. The van der Waals surface area contributed by atoms with Crippen molar-refractivity contribution in [2.45, 2.75) is 12.3 Å². The Morgan fingerprint density at radius 3 is 2.58 bits per heavy atom. The number of benzene rings is 2. The van der Waals surface area contributed by atoms with Gasteiger partial charge in [0.25, 0.3) is 0 Å². The molecule has 2 aromatic heterocycles. The summed E-state index contributed by atoms with van der Waals surface area (Å²) in [6.45, 7) is 0.834. The van der Waals surface area contributed by atoms with E-state index in [2.05, 4.69) is 44.8 Å². The van der Waals surface area contributed by atoms with Crippen LogP contribution in [0.15, 0.2) is 73.1 Å². The molecular formula is C25H22N4O2. The maximum absolute atomic E-state index is 12.2. The van der Waals surface area contributed by atoms with Gasteiger partial charge in [-0.15, -0.1) is 0 Å². The van der Waals surface area contributed by atoms with Crippen LogP contribution in [0.3, 0.4) is 0 Å². The third kappa shape index (κ3) is 3.92. The van der Waals surface area contributed by atoms with Crippen molar-refractivity contribution < 1.29 is 9.53 Å². The fourth-order valence-electron chi connectivity index (χ4n) is 4.07. The van der Waals surface area contributed by atoms with Gasteiger partial charge in [0.2, 0.25) is 0 Å². The first-order valence-electron chi connectivity index (χ1n) is 10.3. The number of nitrogens with one attached hydrogen (secondary N) is 2. The molecule has 31 heavy (non-hydrogen) atoms. The molecule has 4 aromatic rings. The van der Waals surface area contributed by atoms with Gasteiger partial charge in [-0.05, 0) is 40.3 Å². The highest BCUT2D eigenvalue weighted by Gasteiger charge is 2.28. The van der Waals surface area contributed by atoms with Crippen LogP contribution in [0, 0.1) is 0 Å². The number of hydrogen-bond acceptors (Lipinski definition) is 4. The number of aromatic nitrogens is 3. The molecule has 1 aliphatic carbocycles. The first-order valence-corrected chi connectivity index (χ1v) is 10.3. The second-order valence-electron chi connectivity index (χ2n) is 7.52. The molecule has 0 fully saturated rings. The molecule has 0 spiro atoms. The Hall–Kier alpha value is -3.93. The zero-order valence-electron chi connectivity index (χ0n) is 16.9. The van der Waals surface area contributed by atoms with E-state index in [1.807, 2.05) is 42.5 Å². The average molecular weight is 410 g/mol. The summed E-state index contributed by atoms with van der Waals surface area (Å²) >= 11 is 0. The molecule has 1 amide bonds. The minimum atomic E-state index is -0.392. The molecular weight excluding hydrogens is 388 g/mol. The molecule has 0 radical (unpaired) electrons. The third-order valence-electron chi connectivity index (χ3n) is 5.55. The molecule has 0 aliphatic heterocycles. The summed E-state index contributed by atoms with van der Waals surface area (Å²) in [5.41, 5.74) is 6.63. The predicted octanol–water partition coefficient (Wildman–Crippen LogP) is 4.90. The van der Waals surface area contributed by atoms with Gasteiger partial charge in [0.1, 0.15) is 6.61 Å². The molecule has 6 nitrogen and oxygen atoms in total. The summed E-state index contributed by atoms with van der Waals surface area (Å²) in [5, 5.41) is 10.6. The number of hydrogen-bond donors (Lipinski definition) is 2. The van der Waals surface area contributed by atoms with Gasteiger partial charge < -0.3 is 10.1 Å². The highest BCUT2D eigenvalue weighted by atomic mass is 16.5. The van der Waals surface area contributed by atoms with Crippen molar-refractivity contribution in [2.24, 2.45) is 0 Å². The van der Waals surface area contributed by atoms with Gasteiger partial charge in [0, 0.05) is 24.0 Å². The van der Waals surface area contributed by atoms with E-state index >= 15 is 0 Å².